The Kier molecular flexibility index (Phi) is 6.26. The normalized spacial score (nSPS) is 20.2. The number of sulfonamides is 1. The second-order valence-corrected chi connectivity index (χ2v) is 6.72. The van der Waals surface area contributed by atoms with Crippen LogP contribution in [0.1, 0.15) is 12.8 Å². The van der Waals surface area contributed by atoms with Crippen LogP contribution in [0.3, 0.4) is 0 Å². The van der Waals surface area contributed by atoms with E-state index in [2.05, 4.69) is 0 Å². The Morgan fingerprint density at radius 1 is 1.35 bits per heavy atom. The molecule has 1 saturated heterocycles. The van der Waals surface area contributed by atoms with Gasteiger partial charge in [0.25, 0.3) is 0 Å². The lowest BCUT2D eigenvalue weighted by molar-refractivity contribution is 0.271. The summed E-state index contributed by atoms with van der Waals surface area (Å²) in [5, 5.41) is 0. The standard InChI is InChI=1S/C13H20N2O3S.ClH/c1-18-12-4-6-13(7-5-12)19(16,17)15-8-2-3-11(9-14)10-15;/h4-7,11H,2-3,8-10,14H2,1H3;1H. The zero-order valence-electron chi connectivity index (χ0n) is 11.5. The van der Waals surface area contributed by atoms with Crippen molar-refractivity contribution >= 4 is 22.4 Å². The van der Waals surface area contributed by atoms with E-state index in [0.29, 0.717) is 30.3 Å². The maximum atomic E-state index is 12.5. The first-order valence-corrected chi connectivity index (χ1v) is 7.86. The van der Waals surface area contributed by atoms with Crippen LogP contribution in [0, 0.1) is 5.92 Å². The zero-order chi connectivity index (χ0) is 13.9. The van der Waals surface area contributed by atoms with Crippen molar-refractivity contribution in [3.63, 3.8) is 0 Å². The minimum Gasteiger partial charge on any atom is -0.497 e. The van der Waals surface area contributed by atoms with Gasteiger partial charge in [0.15, 0.2) is 0 Å². The molecule has 0 amide bonds. The fourth-order valence-corrected chi connectivity index (χ4v) is 3.89. The molecule has 5 nitrogen and oxygen atoms in total. The average Bonchev–Trinajstić information content (AvgIpc) is 2.47. The van der Waals surface area contributed by atoms with E-state index in [0.717, 1.165) is 12.8 Å². The Labute approximate surface area is 126 Å². The molecule has 0 aliphatic carbocycles. The predicted octanol–water partition coefficient (Wildman–Crippen LogP) is 1.48. The summed E-state index contributed by atoms with van der Waals surface area (Å²) in [7, 11) is -1.85. The first kappa shape index (κ1) is 17.2. The number of piperidine rings is 1. The Bertz CT molecular complexity index is 519. The molecule has 20 heavy (non-hydrogen) atoms. The van der Waals surface area contributed by atoms with E-state index in [-0.39, 0.29) is 18.3 Å². The lowest BCUT2D eigenvalue weighted by Gasteiger charge is -2.31. The summed E-state index contributed by atoms with van der Waals surface area (Å²) in [4.78, 5) is 0.311. The van der Waals surface area contributed by atoms with Crippen molar-refractivity contribution in [2.75, 3.05) is 26.7 Å². The maximum Gasteiger partial charge on any atom is 0.243 e. The number of halogens is 1. The summed E-state index contributed by atoms with van der Waals surface area (Å²) in [5.74, 6) is 0.916. The number of benzene rings is 1. The molecule has 114 valence electrons. The van der Waals surface area contributed by atoms with Crippen LogP contribution in [0.25, 0.3) is 0 Å². The highest BCUT2D eigenvalue weighted by atomic mass is 35.5. The lowest BCUT2D eigenvalue weighted by atomic mass is 10.0. The highest BCUT2D eigenvalue weighted by Crippen LogP contribution is 2.24. The molecule has 1 aromatic carbocycles. The Hall–Kier alpha value is -0.820. The van der Waals surface area contributed by atoms with Crippen LogP contribution >= 0.6 is 12.4 Å². The predicted molar refractivity (Wildman–Crippen MR) is 80.8 cm³/mol. The molecule has 1 aliphatic rings. The van der Waals surface area contributed by atoms with Gasteiger partial charge in [0.2, 0.25) is 10.0 Å². The topological polar surface area (TPSA) is 72.6 Å². The molecule has 0 radical (unpaired) electrons. The smallest absolute Gasteiger partial charge is 0.243 e. The summed E-state index contributed by atoms with van der Waals surface area (Å²) in [5.41, 5.74) is 5.65. The zero-order valence-corrected chi connectivity index (χ0v) is 13.1. The van der Waals surface area contributed by atoms with Crippen molar-refractivity contribution in [2.45, 2.75) is 17.7 Å². The lowest BCUT2D eigenvalue weighted by Crippen LogP contribution is -2.41. The Morgan fingerprint density at radius 2 is 2.00 bits per heavy atom. The molecular weight excluding hydrogens is 300 g/mol. The van der Waals surface area contributed by atoms with Crippen molar-refractivity contribution in [2.24, 2.45) is 11.7 Å². The molecule has 7 heteroatoms. The van der Waals surface area contributed by atoms with E-state index in [9.17, 15) is 8.42 Å². The molecule has 1 aliphatic heterocycles. The molecule has 0 bridgehead atoms. The molecule has 0 aromatic heterocycles. The number of methoxy groups -OCH3 is 1. The van der Waals surface area contributed by atoms with E-state index in [4.69, 9.17) is 10.5 Å². The van der Waals surface area contributed by atoms with Crippen LogP contribution < -0.4 is 10.5 Å². The summed E-state index contributed by atoms with van der Waals surface area (Å²) in [6.45, 7) is 1.63. The van der Waals surface area contributed by atoms with Crippen LogP contribution in [-0.4, -0.2) is 39.5 Å². The second-order valence-electron chi connectivity index (χ2n) is 4.78. The number of hydrogen-bond donors (Lipinski definition) is 1. The SMILES string of the molecule is COc1ccc(S(=O)(=O)N2CCCC(CN)C2)cc1.Cl. The van der Waals surface area contributed by atoms with E-state index < -0.39 is 10.0 Å². The van der Waals surface area contributed by atoms with Crippen molar-refractivity contribution in [3.8, 4) is 5.75 Å². The van der Waals surface area contributed by atoms with Gasteiger partial charge in [-0.1, -0.05) is 0 Å². The van der Waals surface area contributed by atoms with Crippen molar-refractivity contribution < 1.29 is 13.2 Å². The molecule has 2 rings (SSSR count). The van der Waals surface area contributed by atoms with Gasteiger partial charge in [0, 0.05) is 13.1 Å². The molecule has 2 N–H and O–H groups in total. The minimum atomic E-state index is -3.41. The third-order valence-corrected chi connectivity index (χ3v) is 5.39. The van der Waals surface area contributed by atoms with Gasteiger partial charge in [-0.25, -0.2) is 8.42 Å². The van der Waals surface area contributed by atoms with Crippen molar-refractivity contribution in [1.29, 1.82) is 0 Å². The van der Waals surface area contributed by atoms with Crippen LogP contribution in [0.5, 0.6) is 5.75 Å². The van der Waals surface area contributed by atoms with E-state index in [1.807, 2.05) is 0 Å². The summed E-state index contributed by atoms with van der Waals surface area (Å²) >= 11 is 0. The highest BCUT2D eigenvalue weighted by molar-refractivity contribution is 7.89. The van der Waals surface area contributed by atoms with Crippen LogP contribution in [-0.2, 0) is 10.0 Å². The van der Waals surface area contributed by atoms with Gasteiger partial charge in [-0.2, -0.15) is 4.31 Å². The number of hydrogen-bond acceptors (Lipinski definition) is 4. The highest BCUT2D eigenvalue weighted by Gasteiger charge is 2.29. The molecule has 1 aromatic rings. The summed E-state index contributed by atoms with van der Waals surface area (Å²) in [6.07, 6.45) is 1.88. The van der Waals surface area contributed by atoms with Gasteiger partial charge in [-0.05, 0) is 49.6 Å². The van der Waals surface area contributed by atoms with Gasteiger partial charge in [-0.3, -0.25) is 0 Å². The number of nitrogens with two attached hydrogens (primary N) is 1. The summed E-state index contributed by atoms with van der Waals surface area (Å²) < 4.78 is 31.6. The fourth-order valence-electron chi connectivity index (χ4n) is 2.33. The van der Waals surface area contributed by atoms with Gasteiger partial charge < -0.3 is 10.5 Å². The van der Waals surface area contributed by atoms with Crippen LogP contribution in [0.2, 0.25) is 0 Å². The van der Waals surface area contributed by atoms with Gasteiger partial charge >= 0.3 is 0 Å². The van der Waals surface area contributed by atoms with Crippen LogP contribution in [0.15, 0.2) is 29.2 Å². The van der Waals surface area contributed by atoms with Gasteiger partial charge in [0.05, 0.1) is 12.0 Å². The quantitative estimate of drug-likeness (QED) is 0.912. The van der Waals surface area contributed by atoms with Crippen LogP contribution in [0.4, 0.5) is 0 Å². The van der Waals surface area contributed by atoms with Gasteiger partial charge in [-0.15, -0.1) is 12.4 Å². The van der Waals surface area contributed by atoms with E-state index in [1.54, 1.807) is 31.4 Å². The van der Waals surface area contributed by atoms with Gasteiger partial charge in [0.1, 0.15) is 5.75 Å². The third-order valence-electron chi connectivity index (χ3n) is 3.51. The first-order valence-electron chi connectivity index (χ1n) is 6.42. The fraction of sp³-hybridized carbons (Fsp3) is 0.538. The number of ether oxygens (including phenoxy) is 1. The molecule has 0 spiro atoms. The summed E-state index contributed by atoms with van der Waals surface area (Å²) in [6, 6.07) is 6.49. The van der Waals surface area contributed by atoms with E-state index in [1.165, 1.54) is 4.31 Å². The second kappa shape index (κ2) is 7.26. The molecular formula is C13H21ClN2O3S. The Morgan fingerprint density at radius 3 is 2.55 bits per heavy atom. The average molecular weight is 321 g/mol. The minimum absolute atomic E-state index is 0. The third kappa shape index (κ3) is 3.63. The van der Waals surface area contributed by atoms with E-state index >= 15 is 0 Å². The number of rotatable bonds is 4. The molecule has 1 heterocycles. The molecule has 1 atom stereocenters. The van der Waals surface area contributed by atoms with Crippen molar-refractivity contribution in [3.05, 3.63) is 24.3 Å². The van der Waals surface area contributed by atoms with Crippen molar-refractivity contribution in [1.82, 2.24) is 4.31 Å². The molecule has 0 saturated carbocycles. The molecule has 1 fully saturated rings. The molecule has 1 unspecified atom stereocenters. The Balaban J connectivity index is 0.00000200. The first-order chi connectivity index (χ1) is 9.07. The largest absolute Gasteiger partial charge is 0.497 e. The monoisotopic (exact) mass is 320 g/mol. The maximum absolute atomic E-state index is 12.5. The number of nitrogens with zero attached hydrogens (tertiary/aromatic N) is 1.